The fourth-order valence-corrected chi connectivity index (χ4v) is 2.40. The van der Waals surface area contributed by atoms with Crippen molar-refractivity contribution in [2.24, 2.45) is 11.8 Å². The van der Waals surface area contributed by atoms with Crippen molar-refractivity contribution >= 4 is 0 Å². The molecular weight excluding hydrogens is 198 g/mol. The van der Waals surface area contributed by atoms with Gasteiger partial charge in [-0.1, -0.05) is 13.8 Å². The molecule has 1 unspecified atom stereocenters. The third-order valence-electron chi connectivity index (χ3n) is 3.75. The Hall–Kier alpha value is -0.0800. The molecule has 1 aliphatic carbocycles. The maximum Gasteiger partial charge on any atom is 0.0540 e. The summed E-state index contributed by atoms with van der Waals surface area (Å²) < 4.78 is 0. The molecule has 0 aromatic carbocycles. The van der Waals surface area contributed by atoms with Crippen molar-refractivity contribution in [2.45, 2.75) is 71.4 Å². The number of hydrogen-bond donors (Lipinski definition) is 2. The standard InChI is InChI=1S/C14H29NO/c1-11(2)4-5-12(3)15-10-13-6-8-14(16)9-7-13/h11-16H,4-10H2,1-3H3. The highest BCUT2D eigenvalue weighted by molar-refractivity contribution is 4.74. The Labute approximate surface area is 101 Å². The van der Waals surface area contributed by atoms with E-state index < -0.39 is 0 Å². The van der Waals surface area contributed by atoms with Crippen molar-refractivity contribution in [3.05, 3.63) is 0 Å². The Balaban J connectivity index is 2.05. The Morgan fingerprint density at radius 3 is 2.25 bits per heavy atom. The first kappa shape index (κ1) is 14.0. The van der Waals surface area contributed by atoms with Gasteiger partial charge in [-0.05, 0) is 63.8 Å². The van der Waals surface area contributed by atoms with E-state index in [9.17, 15) is 5.11 Å². The van der Waals surface area contributed by atoms with Gasteiger partial charge in [0.25, 0.3) is 0 Å². The first-order valence-electron chi connectivity index (χ1n) is 6.99. The van der Waals surface area contributed by atoms with Crippen LogP contribution in [0, 0.1) is 11.8 Å². The Morgan fingerprint density at radius 1 is 1.06 bits per heavy atom. The van der Waals surface area contributed by atoms with Crippen molar-refractivity contribution in [3.63, 3.8) is 0 Å². The molecular formula is C14H29NO. The zero-order valence-corrected chi connectivity index (χ0v) is 11.2. The SMILES string of the molecule is CC(C)CCC(C)NCC1CCC(O)CC1. The molecule has 1 atom stereocenters. The summed E-state index contributed by atoms with van der Waals surface area (Å²) in [5.74, 6) is 1.61. The van der Waals surface area contributed by atoms with Gasteiger partial charge in [0, 0.05) is 6.04 Å². The average Bonchev–Trinajstić information content (AvgIpc) is 2.25. The van der Waals surface area contributed by atoms with Gasteiger partial charge in [-0.15, -0.1) is 0 Å². The van der Waals surface area contributed by atoms with Crippen molar-refractivity contribution < 1.29 is 5.11 Å². The summed E-state index contributed by atoms with van der Waals surface area (Å²) in [6, 6.07) is 0.647. The molecule has 0 spiro atoms. The van der Waals surface area contributed by atoms with Gasteiger partial charge in [0.2, 0.25) is 0 Å². The second kappa shape index (κ2) is 7.29. The minimum atomic E-state index is -0.0189. The van der Waals surface area contributed by atoms with Gasteiger partial charge in [-0.3, -0.25) is 0 Å². The topological polar surface area (TPSA) is 32.3 Å². The van der Waals surface area contributed by atoms with Crippen LogP contribution in [0.25, 0.3) is 0 Å². The summed E-state index contributed by atoms with van der Waals surface area (Å²) in [5, 5.41) is 13.1. The van der Waals surface area contributed by atoms with Crippen LogP contribution >= 0.6 is 0 Å². The van der Waals surface area contributed by atoms with Crippen LogP contribution in [-0.4, -0.2) is 23.8 Å². The lowest BCUT2D eigenvalue weighted by molar-refractivity contribution is 0.107. The average molecular weight is 227 g/mol. The van der Waals surface area contributed by atoms with E-state index in [0.717, 1.165) is 31.2 Å². The van der Waals surface area contributed by atoms with E-state index in [4.69, 9.17) is 0 Å². The maximum atomic E-state index is 9.43. The fraction of sp³-hybridized carbons (Fsp3) is 1.00. The van der Waals surface area contributed by atoms with Crippen LogP contribution in [0.4, 0.5) is 0 Å². The quantitative estimate of drug-likeness (QED) is 0.731. The predicted molar refractivity (Wildman–Crippen MR) is 69.5 cm³/mol. The second-order valence-corrected chi connectivity index (χ2v) is 5.96. The second-order valence-electron chi connectivity index (χ2n) is 5.96. The Bertz CT molecular complexity index is 174. The van der Waals surface area contributed by atoms with Gasteiger partial charge in [0.1, 0.15) is 0 Å². The van der Waals surface area contributed by atoms with Crippen molar-refractivity contribution in [3.8, 4) is 0 Å². The van der Waals surface area contributed by atoms with E-state index in [1.54, 1.807) is 0 Å². The zero-order valence-electron chi connectivity index (χ0n) is 11.2. The smallest absolute Gasteiger partial charge is 0.0540 e. The van der Waals surface area contributed by atoms with E-state index in [0.29, 0.717) is 6.04 Å². The molecule has 2 nitrogen and oxygen atoms in total. The van der Waals surface area contributed by atoms with Gasteiger partial charge in [-0.25, -0.2) is 0 Å². The first-order valence-corrected chi connectivity index (χ1v) is 6.99. The van der Waals surface area contributed by atoms with E-state index in [-0.39, 0.29) is 6.10 Å². The molecule has 16 heavy (non-hydrogen) atoms. The van der Waals surface area contributed by atoms with E-state index in [1.807, 2.05) is 0 Å². The van der Waals surface area contributed by atoms with Gasteiger partial charge >= 0.3 is 0 Å². The maximum absolute atomic E-state index is 9.43. The number of aliphatic hydroxyl groups excluding tert-OH is 1. The normalized spacial score (nSPS) is 28.3. The summed E-state index contributed by atoms with van der Waals surface area (Å²) >= 11 is 0. The molecule has 0 radical (unpaired) electrons. The van der Waals surface area contributed by atoms with Crippen LogP contribution in [0.3, 0.4) is 0 Å². The lowest BCUT2D eigenvalue weighted by Gasteiger charge is -2.27. The zero-order chi connectivity index (χ0) is 12.0. The van der Waals surface area contributed by atoms with Crippen LogP contribution in [-0.2, 0) is 0 Å². The van der Waals surface area contributed by atoms with Gasteiger partial charge in [-0.2, -0.15) is 0 Å². The van der Waals surface area contributed by atoms with E-state index in [1.165, 1.54) is 25.7 Å². The summed E-state index contributed by atoms with van der Waals surface area (Å²) in [5.41, 5.74) is 0. The predicted octanol–water partition coefficient (Wildman–Crippen LogP) is 2.95. The number of hydrogen-bond acceptors (Lipinski definition) is 2. The molecule has 1 fully saturated rings. The van der Waals surface area contributed by atoms with Crippen molar-refractivity contribution in [1.29, 1.82) is 0 Å². The monoisotopic (exact) mass is 227 g/mol. The lowest BCUT2D eigenvalue weighted by atomic mass is 9.87. The van der Waals surface area contributed by atoms with Crippen LogP contribution in [0.1, 0.15) is 59.3 Å². The molecule has 2 N–H and O–H groups in total. The molecule has 0 aliphatic heterocycles. The number of aliphatic hydroxyl groups is 1. The number of nitrogens with one attached hydrogen (secondary N) is 1. The molecule has 1 aliphatic rings. The van der Waals surface area contributed by atoms with Crippen LogP contribution in [0.15, 0.2) is 0 Å². The summed E-state index contributed by atoms with van der Waals surface area (Å²) in [6.07, 6.45) is 7.00. The Morgan fingerprint density at radius 2 is 1.69 bits per heavy atom. The van der Waals surface area contributed by atoms with Crippen LogP contribution in [0.2, 0.25) is 0 Å². The van der Waals surface area contributed by atoms with Crippen LogP contribution in [0.5, 0.6) is 0 Å². The highest BCUT2D eigenvalue weighted by atomic mass is 16.3. The first-order chi connectivity index (χ1) is 7.58. The molecule has 96 valence electrons. The summed E-state index contributed by atoms with van der Waals surface area (Å²) in [6.45, 7) is 8.01. The molecule has 1 saturated carbocycles. The van der Waals surface area contributed by atoms with E-state index >= 15 is 0 Å². The molecule has 2 heteroatoms. The minimum absolute atomic E-state index is 0.0189. The molecule has 1 rings (SSSR count). The molecule has 0 amide bonds. The minimum Gasteiger partial charge on any atom is -0.393 e. The molecule has 0 aromatic rings. The van der Waals surface area contributed by atoms with Crippen LogP contribution < -0.4 is 5.32 Å². The summed E-state index contributed by atoms with van der Waals surface area (Å²) in [4.78, 5) is 0. The third-order valence-corrected chi connectivity index (χ3v) is 3.75. The molecule has 0 bridgehead atoms. The highest BCUT2D eigenvalue weighted by Crippen LogP contribution is 2.23. The van der Waals surface area contributed by atoms with Gasteiger partial charge in [0.15, 0.2) is 0 Å². The number of rotatable bonds is 6. The molecule has 0 aromatic heterocycles. The van der Waals surface area contributed by atoms with Crippen molar-refractivity contribution in [1.82, 2.24) is 5.32 Å². The fourth-order valence-electron chi connectivity index (χ4n) is 2.40. The highest BCUT2D eigenvalue weighted by Gasteiger charge is 2.19. The van der Waals surface area contributed by atoms with Crippen molar-refractivity contribution in [2.75, 3.05) is 6.54 Å². The Kier molecular flexibility index (Phi) is 6.37. The largest absolute Gasteiger partial charge is 0.393 e. The van der Waals surface area contributed by atoms with Gasteiger partial charge < -0.3 is 10.4 Å². The summed E-state index contributed by atoms with van der Waals surface area (Å²) in [7, 11) is 0. The third kappa shape index (κ3) is 5.86. The molecule has 0 saturated heterocycles. The van der Waals surface area contributed by atoms with Gasteiger partial charge in [0.05, 0.1) is 6.10 Å². The van der Waals surface area contributed by atoms with E-state index in [2.05, 4.69) is 26.1 Å². The molecule has 0 heterocycles. The lowest BCUT2D eigenvalue weighted by Crippen LogP contribution is -2.33.